The van der Waals surface area contributed by atoms with Crippen LogP contribution in [-0.2, 0) is 5.54 Å². The summed E-state index contributed by atoms with van der Waals surface area (Å²) in [6.07, 6.45) is 9.31. The van der Waals surface area contributed by atoms with Gasteiger partial charge >= 0.3 is 0 Å². The largest absolute Gasteiger partial charge is 0.319 e. The maximum Gasteiger partial charge on any atom is 0.121 e. The summed E-state index contributed by atoms with van der Waals surface area (Å²) in [5.74, 6) is 2.57. The maximum atomic E-state index is 6.05. The monoisotopic (exact) mass is 363 g/mol. The third-order valence-electron chi connectivity index (χ3n) is 5.06. The summed E-state index contributed by atoms with van der Waals surface area (Å²) < 4.78 is 2.11. The van der Waals surface area contributed by atoms with E-state index in [2.05, 4.69) is 88.3 Å². The second-order valence-electron chi connectivity index (χ2n) is 6.66. The SMILES string of the molecule is C#CC(N)c1cn(C(c2ccccc2)(c2ccccc2)c2ccccc2)cn1. The Hall–Kier alpha value is -3.61. The van der Waals surface area contributed by atoms with Gasteiger partial charge in [0.05, 0.1) is 12.0 Å². The Morgan fingerprint density at radius 3 is 1.61 bits per heavy atom. The molecule has 1 atom stereocenters. The van der Waals surface area contributed by atoms with Gasteiger partial charge in [-0.25, -0.2) is 4.98 Å². The van der Waals surface area contributed by atoms with Crippen molar-refractivity contribution in [1.29, 1.82) is 0 Å². The molecule has 0 bridgehead atoms. The highest BCUT2D eigenvalue weighted by Gasteiger charge is 2.38. The predicted octanol–water partition coefficient (Wildman–Crippen LogP) is 4.36. The minimum atomic E-state index is -0.594. The first-order valence-corrected chi connectivity index (χ1v) is 9.19. The molecule has 0 spiro atoms. The normalized spacial score (nSPS) is 12.3. The van der Waals surface area contributed by atoms with Crippen molar-refractivity contribution in [3.05, 3.63) is 126 Å². The second-order valence-corrected chi connectivity index (χ2v) is 6.66. The molecule has 0 saturated carbocycles. The predicted molar refractivity (Wildman–Crippen MR) is 113 cm³/mol. The van der Waals surface area contributed by atoms with Gasteiger partial charge in [-0.1, -0.05) is 96.9 Å². The first-order chi connectivity index (χ1) is 13.8. The quantitative estimate of drug-likeness (QED) is 0.423. The Balaban J connectivity index is 2.08. The number of hydrogen-bond acceptors (Lipinski definition) is 2. The smallest absolute Gasteiger partial charge is 0.121 e. The van der Waals surface area contributed by atoms with Gasteiger partial charge in [0.25, 0.3) is 0 Å². The van der Waals surface area contributed by atoms with Crippen LogP contribution in [0.5, 0.6) is 0 Å². The molecule has 3 nitrogen and oxygen atoms in total. The van der Waals surface area contributed by atoms with Gasteiger partial charge in [-0.3, -0.25) is 0 Å². The van der Waals surface area contributed by atoms with Crippen LogP contribution in [0, 0.1) is 12.3 Å². The van der Waals surface area contributed by atoms with Crippen molar-refractivity contribution in [3.8, 4) is 12.3 Å². The van der Waals surface area contributed by atoms with E-state index in [1.165, 1.54) is 0 Å². The molecule has 0 aliphatic carbocycles. The summed E-state index contributed by atoms with van der Waals surface area (Å²) in [6.45, 7) is 0. The molecule has 4 aromatic rings. The fraction of sp³-hybridized carbons (Fsp3) is 0.0800. The summed E-state index contributed by atoms with van der Waals surface area (Å²) in [5, 5.41) is 0. The molecule has 0 aliphatic rings. The molecule has 1 unspecified atom stereocenters. The Kier molecular flexibility index (Phi) is 4.80. The minimum Gasteiger partial charge on any atom is -0.319 e. The lowest BCUT2D eigenvalue weighted by Gasteiger charge is -2.37. The number of nitrogens with two attached hydrogens (primary N) is 1. The van der Waals surface area contributed by atoms with Crippen LogP contribution in [-0.4, -0.2) is 9.55 Å². The lowest BCUT2D eigenvalue weighted by molar-refractivity contribution is 0.514. The van der Waals surface area contributed by atoms with Crippen molar-refractivity contribution < 1.29 is 0 Å². The van der Waals surface area contributed by atoms with E-state index in [0.29, 0.717) is 5.69 Å². The van der Waals surface area contributed by atoms with Crippen LogP contribution < -0.4 is 5.73 Å². The van der Waals surface area contributed by atoms with Crippen molar-refractivity contribution in [2.24, 2.45) is 5.73 Å². The average Bonchev–Trinajstić information content (AvgIpc) is 3.26. The fourth-order valence-corrected chi connectivity index (χ4v) is 3.75. The lowest BCUT2D eigenvalue weighted by atomic mass is 9.77. The molecule has 3 aromatic carbocycles. The summed E-state index contributed by atoms with van der Waals surface area (Å²) in [6, 6.07) is 30.7. The highest BCUT2D eigenvalue weighted by Crippen LogP contribution is 2.40. The molecule has 28 heavy (non-hydrogen) atoms. The van der Waals surface area contributed by atoms with Gasteiger partial charge in [0.1, 0.15) is 11.6 Å². The van der Waals surface area contributed by atoms with E-state index in [4.69, 9.17) is 12.2 Å². The molecule has 3 heteroatoms. The average molecular weight is 363 g/mol. The van der Waals surface area contributed by atoms with Crippen molar-refractivity contribution in [2.75, 3.05) is 0 Å². The molecule has 136 valence electrons. The highest BCUT2D eigenvalue weighted by molar-refractivity contribution is 5.50. The van der Waals surface area contributed by atoms with Crippen LogP contribution in [0.2, 0.25) is 0 Å². The van der Waals surface area contributed by atoms with E-state index in [9.17, 15) is 0 Å². The Morgan fingerprint density at radius 2 is 1.21 bits per heavy atom. The molecule has 1 aromatic heterocycles. The number of aromatic nitrogens is 2. The maximum absolute atomic E-state index is 6.05. The number of nitrogens with zero attached hydrogens (tertiary/aromatic N) is 2. The van der Waals surface area contributed by atoms with Crippen LogP contribution in [0.15, 0.2) is 104 Å². The van der Waals surface area contributed by atoms with Crippen LogP contribution in [0.25, 0.3) is 0 Å². The first kappa shape index (κ1) is 17.8. The fourth-order valence-electron chi connectivity index (χ4n) is 3.75. The zero-order valence-corrected chi connectivity index (χ0v) is 15.4. The van der Waals surface area contributed by atoms with Crippen molar-refractivity contribution in [2.45, 2.75) is 11.6 Å². The Morgan fingerprint density at radius 1 is 0.786 bits per heavy atom. The number of terminal acetylenes is 1. The lowest BCUT2D eigenvalue weighted by Crippen LogP contribution is -2.37. The molecule has 0 amide bonds. The highest BCUT2D eigenvalue weighted by atomic mass is 15.1. The number of benzene rings is 3. The van der Waals surface area contributed by atoms with Crippen LogP contribution in [0.4, 0.5) is 0 Å². The number of rotatable bonds is 5. The van der Waals surface area contributed by atoms with E-state index in [0.717, 1.165) is 16.7 Å². The van der Waals surface area contributed by atoms with Gasteiger partial charge < -0.3 is 10.3 Å². The van der Waals surface area contributed by atoms with Gasteiger partial charge in [-0.05, 0) is 16.7 Å². The standard InChI is InChI=1S/C25H21N3/c1-2-23(26)24-18-28(19-27-24)25(20-12-6-3-7-13-20,21-14-8-4-9-15-21)22-16-10-5-11-17-22/h1,3-19,23H,26H2. The van der Waals surface area contributed by atoms with Crippen molar-refractivity contribution in [3.63, 3.8) is 0 Å². The molecule has 1 heterocycles. The third-order valence-corrected chi connectivity index (χ3v) is 5.06. The first-order valence-electron chi connectivity index (χ1n) is 9.19. The van der Waals surface area contributed by atoms with Gasteiger partial charge in [0.2, 0.25) is 0 Å². The van der Waals surface area contributed by atoms with Crippen LogP contribution in [0.3, 0.4) is 0 Å². The number of hydrogen-bond donors (Lipinski definition) is 1. The van der Waals surface area contributed by atoms with Gasteiger partial charge in [0, 0.05) is 6.20 Å². The zero-order valence-electron chi connectivity index (χ0n) is 15.4. The third kappa shape index (κ3) is 2.90. The van der Waals surface area contributed by atoms with E-state index in [1.807, 2.05) is 30.7 Å². The molecule has 4 rings (SSSR count). The molecule has 0 radical (unpaired) electrons. The molecule has 0 aliphatic heterocycles. The van der Waals surface area contributed by atoms with E-state index in [-0.39, 0.29) is 0 Å². The second kappa shape index (κ2) is 7.56. The number of imidazole rings is 1. The Labute approximate surface area is 165 Å². The molecule has 0 fully saturated rings. The van der Waals surface area contributed by atoms with Gasteiger partial charge in [0.15, 0.2) is 0 Å². The molecule has 2 N–H and O–H groups in total. The summed E-state index contributed by atoms with van der Waals surface area (Å²) in [5.41, 5.74) is 9.53. The van der Waals surface area contributed by atoms with Crippen molar-refractivity contribution in [1.82, 2.24) is 9.55 Å². The van der Waals surface area contributed by atoms with Gasteiger partial charge in [-0.15, -0.1) is 6.42 Å². The van der Waals surface area contributed by atoms with E-state index >= 15 is 0 Å². The molecular weight excluding hydrogens is 342 g/mol. The van der Waals surface area contributed by atoms with E-state index in [1.54, 1.807) is 0 Å². The summed E-state index contributed by atoms with van der Waals surface area (Å²) >= 11 is 0. The Bertz CT molecular complexity index is 980. The zero-order chi connectivity index (χ0) is 19.4. The van der Waals surface area contributed by atoms with Crippen LogP contribution >= 0.6 is 0 Å². The molecular formula is C25H21N3. The summed E-state index contributed by atoms with van der Waals surface area (Å²) in [4.78, 5) is 4.52. The van der Waals surface area contributed by atoms with Crippen LogP contribution in [0.1, 0.15) is 28.4 Å². The summed E-state index contributed by atoms with van der Waals surface area (Å²) in [7, 11) is 0. The van der Waals surface area contributed by atoms with E-state index < -0.39 is 11.6 Å². The minimum absolute atomic E-state index is 0.540. The van der Waals surface area contributed by atoms with Crippen molar-refractivity contribution >= 4 is 0 Å². The van der Waals surface area contributed by atoms with Gasteiger partial charge in [-0.2, -0.15) is 0 Å². The molecule has 0 saturated heterocycles. The topological polar surface area (TPSA) is 43.8 Å².